The molecule has 1 saturated heterocycles. The Morgan fingerprint density at radius 2 is 1.97 bits per heavy atom. The molecule has 11 heteroatoms. The van der Waals surface area contributed by atoms with Gasteiger partial charge >= 0.3 is 6.03 Å². The van der Waals surface area contributed by atoms with E-state index in [1.54, 1.807) is 32.2 Å². The lowest BCUT2D eigenvalue weighted by molar-refractivity contribution is 0.100. The van der Waals surface area contributed by atoms with Gasteiger partial charge in [0.05, 0.1) is 29.1 Å². The van der Waals surface area contributed by atoms with Crippen LogP contribution in [0.5, 0.6) is 0 Å². The third-order valence-corrected chi connectivity index (χ3v) is 6.54. The van der Waals surface area contributed by atoms with Crippen molar-refractivity contribution in [3.05, 3.63) is 76.2 Å². The lowest BCUT2D eigenvalue weighted by atomic mass is 9.94. The predicted molar refractivity (Wildman–Crippen MR) is 135 cm³/mol. The van der Waals surface area contributed by atoms with Crippen molar-refractivity contribution in [3.63, 3.8) is 0 Å². The number of aromatic nitrogens is 2. The van der Waals surface area contributed by atoms with E-state index < -0.39 is 17.8 Å². The molecule has 4 N–H and O–H groups in total. The van der Waals surface area contributed by atoms with Gasteiger partial charge < -0.3 is 15.8 Å². The molecule has 1 unspecified atom stereocenters. The van der Waals surface area contributed by atoms with Crippen molar-refractivity contribution in [2.75, 3.05) is 38.7 Å². The summed E-state index contributed by atoms with van der Waals surface area (Å²) in [5, 5.41) is 10.2. The summed E-state index contributed by atoms with van der Waals surface area (Å²) >= 11 is 5.88. The summed E-state index contributed by atoms with van der Waals surface area (Å²) in [6, 6.07) is 12.9. The highest BCUT2D eigenvalue weighted by Gasteiger charge is 2.35. The Bertz CT molecular complexity index is 1250. The molecule has 36 heavy (non-hydrogen) atoms. The summed E-state index contributed by atoms with van der Waals surface area (Å²) in [6.07, 6.45) is 0. The zero-order valence-electron chi connectivity index (χ0n) is 20.0. The fourth-order valence-electron chi connectivity index (χ4n) is 4.52. The quantitative estimate of drug-likeness (QED) is 0.426. The summed E-state index contributed by atoms with van der Waals surface area (Å²) in [5.74, 6) is -1.23. The van der Waals surface area contributed by atoms with Crippen molar-refractivity contribution >= 4 is 29.4 Å². The van der Waals surface area contributed by atoms with Crippen molar-refractivity contribution in [1.29, 1.82) is 0 Å². The summed E-state index contributed by atoms with van der Waals surface area (Å²) in [6.45, 7) is 3.97. The molecule has 0 saturated carbocycles. The normalized spacial score (nSPS) is 17.8. The Kier molecular flexibility index (Phi) is 7.88. The second-order valence-electron chi connectivity index (χ2n) is 8.66. The van der Waals surface area contributed by atoms with E-state index in [0.29, 0.717) is 37.6 Å². The summed E-state index contributed by atoms with van der Waals surface area (Å²) < 4.78 is 20.9. The van der Waals surface area contributed by atoms with E-state index >= 15 is 0 Å². The summed E-state index contributed by atoms with van der Waals surface area (Å²) in [5.41, 5.74) is 7.51. The number of anilines is 1. The number of aryl methyl sites for hydroxylation is 1. The molecule has 1 fully saturated rings. The van der Waals surface area contributed by atoms with Crippen molar-refractivity contribution in [3.8, 4) is 5.69 Å². The van der Waals surface area contributed by atoms with Gasteiger partial charge in [-0.3, -0.25) is 15.0 Å². The molecule has 2 heterocycles. The lowest BCUT2D eigenvalue weighted by Gasteiger charge is -2.21. The monoisotopic (exact) mass is 514 g/mol. The molecule has 3 amide bonds. The number of methoxy groups -OCH3 is 1. The lowest BCUT2D eigenvalue weighted by Crippen LogP contribution is -2.43. The number of carbonyl (C=O) groups is 2. The van der Waals surface area contributed by atoms with Gasteiger partial charge in [0.1, 0.15) is 11.4 Å². The number of nitrogens with two attached hydrogens (primary N) is 1. The number of likely N-dealkylation sites (tertiary alicyclic amines) is 1. The van der Waals surface area contributed by atoms with Crippen LogP contribution in [0.3, 0.4) is 0 Å². The first-order valence-corrected chi connectivity index (χ1v) is 11.8. The Labute approximate surface area is 213 Å². The fourth-order valence-corrected chi connectivity index (χ4v) is 4.64. The molecule has 1 aliphatic heterocycles. The average Bonchev–Trinajstić information content (AvgIpc) is 3.40. The molecule has 0 radical (unpaired) electrons. The van der Waals surface area contributed by atoms with Crippen LogP contribution in [0.1, 0.15) is 27.5 Å². The molecule has 4 rings (SSSR count). The van der Waals surface area contributed by atoms with Gasteiger partial charge in [0.15, 0.2) is 5.82 Å². The van der Waals surface area contributed by atoms with Crippen LogP contribution in [-0.4, -0.2) is 66.0 Å². The molecule has 2 aromatic carbocycles. The number of urea groups is 1. The molecule has 1 aromatic heterocycles. The van der Waals surface area contributed by atoms with E-state index in [4.69, 9.17) is 22.1 Å². The van der Waals surface area contributed by atoms with Crippen LogP contribution in [0, 0.1) is 12.7 Å². The number of para-hydroxylation sites is 1. The smallest absolute Gasteiger partial charge is 0.320 e. The van der Waals surface area contributed by atoms with Gasteiger partial charge in [-0.2, -0.15) is 5.10 Å². The fraction of sp³-hybridized carbons (Fsp3) is 0.320. The third kappa shape index (κ3) is 5.51. The van der Waals surface area contributed by atoms with Gasteiger partial charge in [0.25, 0.3) is 5.91 Å². The molecule has 2 atom stereocenters. The minimum absolute atomic E-state index is 0.0405. The Morgan fingerprint density at radius 1 is 1.22 bits per heavy atom. The molecule has 190 valence electrons. The summed E-state index contributed by atoms with van der Waals surface area (Å²) in [4.78, 5) is 27.5. The van der Waals surface area contributed by atoms with Gasteiger partial charge in [0, 0.05) is 32.7 Å². The maximum Gasteiger partial charge on any atom is 0.320 e. The van der Waals surface area contributed by atoms with Crippen molar-refractivity contribution in [2.24, 2.45) is 5.73 Å². The first kappa shape index (κ1) is 25.6. The van der Waals surface area contributed by atoms with Gasteiger partial charge in [-0.25, -0.2) is 13.9 Å². The Hall–Kier alpha value is -3.47. The van der Waals surface area contributed by atoms with Crippen molar-refractivity contribution in [2.45, 2.75) is 18.9 Å². The van der Waals surface area contributed by atoms with Crippen LogP contribution in [0.15, 0.2) is 48.5 Å². The van der Waals surface area contributed by atoms with Gasteiger partial charge in [-0.1, -0.05) is 35.9 Å². The molecule has 3 aromatic rings. The maximum atomic E-state index is 14.2. The standard InChI is InChI=1S/C25H28ClFN6O3/c1-15-22(23(28)34)24(33(31-15)17-6-4-3-5-7-17)30-25(35)29-21-14-32(10-11-36-2)13-18(21)16-8-9-19(26)20(27)12-16/h3-9,12,18,21H,10-11,13-14H2,1-2H3,(H2,28,34)(H2,29,30,35)/t18?,21-/m1/s1. The number of carbonyl (C=O) groups excluding carboxylic acids is 2. The van der Waals surface area contributed by atoms with E-state index in [1.807, 2.05) is 18.2 Å². The van der Waals surface area contributed by atoms with Gasteiger partial charge in [-0.05, 0) is 36.8 Å². The number of nitrogens with zero attached hydrogens (tertiary/aromatic N) is 3. The van der Waals surface area contributed by atoms with E-state index in [0.717, 1.165) is 5.56 Å². The molecule has 0 aliphatic carbocycles. The molecule has 1 aliphatic rings. The van der Waals surface area contributed by atoms with Crippen LogP contribution < -0.4 is 16.4 Å². The topological polar surface area (TPSA) is 115 Å². The number of amides is 3. The van der Waals surface area contributed by atoms with Gasteiger partial charge in [0.2, 0.25) is 0 Å². The summed E-state index contributed by atoms with van der Waals surface area (Å²) in [7, 11) is 1.62. The van der Waals surface area contributed by atoms with Gasteiger partial charge in [-0.15, -0.1) is 0 Å². The number of primary amides is 1. The zero-order valence-corrected chi connectivity index (χ0v) is 20.8. The van der Waals surface area contributed by atoms with E-state index in [1.165, 1.54) is 16.8 Å². The number of benzene rings is 2. The van der Waals surface area contributed by atoms with Crippen LogP contribution in [0.2, 0.25) is 5.02 Å². The van der Waals surface area contributed by atoms with Crippen LogP contribution in [0.25, 0.3) is 5.69 Å². The SMILES string of the molecule is COCCN1CC(c2ccc(Cl)c(F)c2)[C@H](NC(=O)Nc2c(C(N)=O)c(C)nn2-c2ccccc2)C1. The highest BCUT2D eigenvalue weighted by atomic mass is 35.5. The predicted octanol–water partition coefficient (Wildman–Crippen LogP) is 3.31. The minimum Gasteiger partial charge on any atom is -0.383 e. The van der Waals surface area contributed by atoms with Crippen LogP contribution in [0.4, 0.5) is 15.0 Å². The number of hydrogen-bond acceptors (Lipinski definition) is 5. The number of ether oxygens (including phenoxy) is 1. The van der Waals surface area contributed by atoms with E-state index in [-0.39, 0.29) is 28.4 Å². The molecule has 9 nitrogen and oxygen atoms in total. The van der Waals surface area contributed by atoms with Crippen LogP contribution in [-0.2, 0) is 4.74 Å². The Balaban J connectivity index is 1.59. The van der Waals surface area contributed by atoms with E-state index in [9.17, 15) is 14.0 Å². The molecule has 0 spiro atoms. The van der Waals surface area contributed by atoms with Crippen molar-refractivity contribution in [1.82, 2.24) is 20.0 Å². The number of halogens is 2. The minimum atomic E-state index is -0.703. The van der Waals surface area contributed by atoms with Crippen molar-refractivity contribution < 1.29 is 18.7 Å². The highest BCUT2D eigenvalue weighted by Crippen LogP contribution is 2.30. The zero-order chi connectivity index (χ0) is 25.8. The van der Waals surface area contributed by atoms with E-state index in [2.05, 4.69) is 20.6 Å². The average molecular weight is 515 g/mol. The molecule has 0 bridgehead atoms. The number of nitrogens with one attached hydrogen (secondary N) is 2. The van der Waals surface area contributed by atoms with Crippen LogP contribution >= 0.6 is 11.6 Å². The molecular weight excluding hydrogens is 487 g/mol. The highest BCUT2D eigenvalue weighted by molar-refractivity contribution is 6.30. The number of rotatable bonds is 8. The first-order chi connectivity index (χ1) is 17.3. The maximum absolute atomic E-state index is 14.2. The Morgan fingerprint density at radius 3 is 2.64 bits per heavy atom. The second-order valence-corrected chi connectivity index (χ2v) is 9.07. The molecular formula is C25H28ClFN6O3. The first-order valence-electron chi connectivity index (χ1n) is 11.5. The third-order valence-electron chi connectivity index (χ3n) is 6.23. The number of hydrogen-bond donors (Lipinski definition) is 3. The largest absolute Gasteiger partial charge is 0.383 e. The second kappa shape index (κ2) is 11.1.